The second-order valence-corrected chi connectivity index (χ2v) is 8.62. The smallest absolute Gasteiger partial charge is 0.166 e. The molecule has 2 aliphatic rings. The number of hydrogen-bond donors (Lipinski definition) is 2. The van der Waals surface area contributed by atoms with Gasteiger partial charge in [0.1, 0.15) is 0 Å². The fourth-order valence-corrected chi connectivity index (χ4v) is 4.76. The number of hydrogen-bond acceptors (Lipinski definition) is 1. The summed E-state index contributed by atoms with van der Waals surface area (Å²) in [5.41, 5.74) is 0.838. The molecular formula is C16H30N2S. The van der Waals surface area contributed by atoms with Crippen LogP contribution >= 0.6 is 12.2 Å². The van der Waals surface area contributed by atoms with Crippen molar-refractivity contribution < 1.29 is 0 Å². The van der Waals surface area contributed by atoms with E-state index in [1.54, 1.807) is 0 Å². The molecule has 0 amide bonds. The third kappa shape index (κ3) is 4.62. The Labute approximate surface area is 124 Å². The highest BCUT2D eigenvalue weighted by atomic mass is 32.1. The third-order valence-electron chi connectivity index (χ3n) is 4.58. The zero-order chi connectivity index (χ0) is 14.1. The van der Waals surface area contributed by atoms with E-state index in [9.17, 15) is 0 Å². The van der Waals surface area contributed by atoms with Crippen molar-refractivity contribution in [3.8, 4) is 0 Å². The van der Waals surface area contributed by atoms with Crippen molar-refractivity contribution in [1.29, 1.82) is 0 Å². The first-order chi connectivity index (χ1) is 8.76. The fourth-order valence-electron chi connectivity index (χ4n) is 4.43. The van der Waals surface area contributed by atoms with Crippen molar-refractivity contribution in [1.82, 2.24) is 10.6 Å². The van der Waals surface area contributed by atoms with Gasteiger partial charge in [0.15, 0.2) is 5.11 Å². The van der Waals surface area contributed by atoms with Gasteiger partial charge in [0.2, 0.25) is 0 Å². The summed E-state index contributed by atoms with van der Waals surface area (Å²) in [6.07, 6.45) is 9.02. The van der Waals surface area contributed by atoms with Crippen LogP contribution in [0.3, 0.4) is 0 Å². The molecule has 0 bridgehead atoms. The Morgan fingerprint density at radius 2 is 1.37 bits per heavy atom. The molecule has 0 radical (unpaired) electrons. The van der Waals surface area contributed by atoms with E-state index in [1.165, 1.54) is 44.9 Å². The molecular weight excluding hydrogens is 252 g/mol. The van der Waals surface area contributed by atoms with Crippen molar-refractivity contribution >= 4 is 17.3 Å². The Balaban J connectivity index is 1.85. The maximum absolute atomic E-state index is 5.50. The lowest BCUT2D eigenvalue weighted by atomic mass is 9.63. The highest BCUT2D eigenvalue weighted by Crippen LogP contribution is 2.45. The third-order valence-corrected chi connectivity index (χ3v) is 4.82. The first-order valence-electron chi connectivity index (χ1n) is 7.83. The van der Waals surface area contributed by atoms with Gasteiger partial charge < -0.3 is 10.6 Å². The molecule has 0 saturated heterocycles. The molecule has 19 heavy (non-hydrogen) atoms. The van der Waals surface area contributed by atoms with Crippen LogP contribution in [0.2, 0.25) is 0 Å². The van der Waals surface area contributed by atoms with Gasteiger partial charge in [0.05, 0.1) is 0 Å². The van der Waals surface area contributed by atoms with Crippen molar-refractivity contribution in [2.45, 2.75) is 84.7 Å². The van der Waals surface area contributed by atoms with Gasteiger partial charge in [0, 0.05) is 12.1 Å². The van der Waals surface area contributed by atoms with E-state index >= 15 is 0 Å². The van der Waals surface area contributed by atoms with Crippen LogP contribution in [-0.2, 0) is 0 Å². The lowest BCUT2D eigenvalue weighted by molar-refractivity contribution is 0.0920. The average molecular weight is 282 g/mol. The molecule has 3 heteroatoms. The summed E-state index contributed by atoms with van der Waals surface area (Å²) in [5, 5.41) is 7.96. The molecule has 0 atom stereocenters. The summed E-state index contributed by atoms with van der Waals surface area (Å²) in [6, 6.07) is 1.14. The summed E-state index contributed by atoms with van der Waals surface area (Å²) in [6.45, 7) is 9.54. The molecule has 0 aromatic heterocycles. The summed E-state index contributed by atoms with van der Waals surface area (Å²) >= 11 is 5.50. The van der Waals surface area contributed by atoms with Crippen molar-refractivity contribution in [2.75, 3.05) is 0 Å². The molecule has 0 spiro atoms. The summed E-state index contributed by atoms with van der Waals surface area (Å²) in [7, 11) is 0. The maximum Gasteiger partial charge on any atom is 0.166 e. The second kappa shape index (κ2) is 5.59. The second-order valence-electron chi connectivity index (χ2n) is 8.21. The first kappa shape index (κ1) is 15.1. The van der Waals surface area contributed by atoms with Crippen LogP contribution in [-0.4, -0.2) is 17.2 Å². The molecule has 0 aromatic rings. The molecule has 2 fully saturated rings. The molecule has 2 rings (SSSR count). The average Bonchev–Trinajstić information content (AvgIpc) is 2.63. The van der Waals surface area contributed by atoms with Crippen LogP contribution in [0.5, 0.6) is 0 Å². The van der Waals surface area contributed by atoms with Gasteiger partial charge in [-0.1, -0.05) is 40.5 Å². The van der Waals surface area contributed by atoms with Gasteiger partial charge in [-0.2, -0.15) is 0 Å². The van der Waals surface area contributed by atoms with Crippen LogP contribution in [0.25, 0.3) is 0 Å². The normalized spacial score (nSPS) is 27.2. The zero-order valence-electron chi connectivity index (χ0n) is 13.0. The molecule has 2 aliphatic carbocycles. The van der Waals surface area contributed by atoms with Crippen LogP contribution < -0.4 is 10.6 Å². The minimum Gasteiger partial charge on any atom is -0.360 e. The highest BCUT2D eigenvalue weighted by molar-refractivity contribution is 7.80. The Hall–Kier alpha value is -0.310. The van der Waals surface area contributed by atoms with Gasteiger partial charge in [-0.05, 0) is 55.2 Å². The summed E-state index contributed by atoms with van der Waals surface area (Å²) in [5.74, 6) is 0. The fraction of sp³-hybridized carbons (Fsp3) is 0.938. The molecule has 0 aromatic carbocycles. The number of thiocarbonyl (C=S) groups is 1. The van der Waals surface area contributed by atoms with Gasteiger partial charge in [-0.25, -0.2) is 0 Å². The molecule has 0 aliphatic heterocycles. The zero-order valence-corrected chi connectivity index (χ0v) is 13.8. The predicted octanol–water partition coefficient (Wildman–Crippen LogP) is 4.00. The molecule has 2 N–H and O–H groups in total. The van der Waals surface area contributed by atoms with Gasteiger partial charge in [-0.15, -0.1) is 0 Å². The molecule has 2 saturated carbocycles. The SMILES string of the molecule is CC1(C)CC(NC(=S)NC2CCCC2)CC(C)(C)C1. The van der Waals surface area contributed by atoms with Crippen molar-refractivity contribution in [3.63, 3.8) is 0 Å². The van der Waals surface area contributed by atoms with Crippen molar-refractivity contribution in [3.05, 3.63) is 0 Å². The molecule has 0 unspecified atom stereocenters. The maximum atomic E-state index is 5.50. The van der Waals surface area contributed by atoms with Crippen LogP contribution in [0.4, 0.5) is 0 Å². The van der Waals surface area contributed by atoms with Gasteiger partial charge in [0.25, 0.3) is 0 Å². The predicted molar refractivity (Wildman–Crippen MR) is 86.3 cm³/mol. The standard InChI is InChI=1S/C16H30N2S/c1-15(2)9-13(10-16(3,4)11-15)18-14(19)17-12-7-5-6-8-12/h12-13H,5-11H2,1-4H3,(H2,17,18,19). The van der Waals surface area contributed by atoms with Crippen LogP contribution in [0.15, 0.2) is 0 Å². The lowest BCUT2D eigenvalue weighted by Crippen LogP contribution is -2.50. The van der Waals surface area contributed by atoms with Crippen molar-refractivity contribution in [2.24, 2.45) is 10.8 Å². The van der Waals surface area contributed by atoms with Gasteiger partial charge >= 0.3 is 0 Å². The highest BCUT2D eigenvalue weighted by Gasteiger charge is 2.38. The quantitative estimate of drug-likeness (QED) is 0.749. The first-order valence-corrected chi connectivity index (χ1v) is 8.24. The Morgan fingerprint density at radius 1 is 0.895 bits per heavy atom. The topological polar surface area (TPSA) is 24.1 Å². The molecule has 2 nitrogen and oxygen atoms in total. The molecule has 0 heterocycles. The summed E-state index contributed by atoms with van der Waals surface area (Å²) in [4.78, 5) is 0. The minimum atomic E-state index is 0.419. The Morgan fingerprint density at radius 3 is 1.89 bits per heavy atom. The Kier molecular flexibility index (Phi) is 4.44. The lowest BCUT2D eigenvalue weighted by Gasteiger charge is -2.45. The van der Waals surface area contributed by atoms with E-state index in [2.05, 4.69) is 38.3 Å². The monoisotopic (exact) mass is 282 g/mol. The van der Waals surface area contributed by atoms with E-state index < -0.39 is 0 Å². The largest absolute Gasteiger partial charge is 0.360 e. The van der Waals surface area contributed by atoms with E-state index in [0.29, 0.717) is 22.9 Å². The van der Waals surface area contributed by atoms with Crippen LogP contribution in [0.1, 0.15) is 72.6 Å². The number of rotatable bonds is 2. The van der Waals surface area contributed by atoms with E-state index in [1.807, 2.05) is 0 Å². The van der Waals surface area contributed by atoms with E-state index in [4.69, 9.17) is 12.2 Å². The Bertz CT molecular complexity index is 314. The van der Waals surface area contributed by atoms with E-state index in [-0.39, 0.29) is 0 Å². The number of nitrogens with one attached hydrogen (secondary N) is 2. The van der Waals surface area contributed by atoms with Crippen LogP contribution in [0, 0.1) is 10.8 Å². The minimum absolute atomic E-state index is 0.419. The molecule has 110 valence electrons. The van der Waals surface area contributed by atoms with E-state index in [0.717, 1.165) is 5.11 Å². The van der Waals surface area contributed by atoms with Gasteiger partial charge in [-0.3, -0.25) is 0 Å². The summed E-state index contributed by atoms with van der Waals surface area (Å²) < 4.78 is 0.